The van der Waals surface area contributed by atoms with Crippen molar-refractivity contribution in [2.75, 3.05) is 13.2 Å². The summed E-state index contributed by atoms with van der Waals surface area (Å²) < 4.78 is 5.57. The van der Waals surface area contributed by atoms with E-state index in [9.17, 15) is 4.79 Å². The predicted octanol–water partition coefficient (Wildman–Crippen LogP) is 2.82. The maximum atomic E-state index is 12.7. The van der Waals surface area contributed by atoms with Crippen molar-refractivity contribution in [1.82, 2.24) is 9.88 Å². The molecule has 4 nitrogen and oxygen atoms in total. The monoisotopic (exact) mass is 282 g/mol. The quantitative estimate of drug-likeness (QED) is 0.837. The van der Waals surface area contributed by atoms with Gasteiger partial charge in [0.2, 0.25) is 0 Å². The SMILES string of the molecule is Cc1nc(C(C)C)sc1C(=O)N1C[C@H](C)OC[C@@H]1C. The molecule has 0 spiro atoms. The van der Waals surface area contributed by atoms with E-state index in [0.29, 0.717) is 19.1 Å². The van der Waals surface area contributed by atoms with Crippen molar-refractivity contribution in [3.63, 3.8) is 0 Å². The van der Waals surface area contributed by atoms with Gasteiger partial charge in [-0.3, -0.25) is 4.79 Å². The van der Waals surface area contributed by atoms with Crippen molar-refractivity contribution >= 4 is 17.2 Å². The fourth-order valence-corrected chi connectivity index (χ4v) is 3.20. The average molecular weight is 282 g/mol. The first-order valence-electron chi connectivity index (χ1n) is 6.80. The maximum absolute atomic E-state index is 12.7. The van der Waals surface area contributed by atoms with Gasteiger partial charge in [-0.15, -0.1) is 11.3 Å². The lowest BCUT2D eigenvalue weighted by Crippen LogP contribution is -2.50. The highest BCUT2D eigenvalue weighted by Crippen LogP contribution is 2.27. The van der Waals surface area contributed by atoms with E-state index >= 15 is 0 Å². The van der Waals surface area contributed by atoms with Crippen LogP contribution in [0.2, 0.25) is 0 Å². The van der Waals surface area contributed by atoms with Gasteiger partial charge in [0.1, 0.15) is 4.88 Å². The highest BCUT2D eigenvalue weighted by molar-refractivity contribution is 7.13. The minimum Gasteiger partial charge on any atom is -0.375 e. The van der Waals surface area contributed by atoms with E-state index in [0.717, 1.165) is 15.6 Å². The molecular weight excluding hydrogens is 260 g/mol. The molecule has 0 N–H and O–H groups in total. The number of nitrogens with zero attached hydrogens (tertiary/aromatic N) is 2. The summed E-state index contributed by atoms with van der Waals surface area (Å²) >= 11 is 1.53. The van der Waals surface area contributed by atoms with Crippen molar-refractivity contribution in [2.45, 2.75) is 52.7 Å². The number of ether oxygens (including phenoxy) is 1. The van der Waals surface area contributed by atoms with Crippen LogP contribution in [0.4, 0.5) is 0 Å². The second-order valence-corrected chi connectivity index (χ2v) is 6.60. The molecule has 0 aliphatic carbocycles. The van der Waals surface area contributed by atoms with Crippen molar-refractivity contribution in [3.05, 3.63) is 15.6 Å². The van der Waals surface area contributed by atoms with Crippen LogP contribution in [0.5, 0.6) is 0 Å². The van der Waals surface area contributed by atoms with E-state index in [1.165, 1.54) is 11.3 Å². The molecule has 2 rings (SSSR count). The first-order chi connectivity index (χ1) is 8.90. The first kappa shape index (κ1) is 14.5. The minimum atomic E-state index is 0.101. The van der Waals surface area contributed by atoms with Gasteiger partial charge < -0.3 is 9.64 Å². The number of rotatable bonds is 2. The van der Waals surface area contributed by atoms with Gasteiger partial charge in [0.15, 0.2) is 0 Å². The van der Waals surface area contributed by atoms with Crippen LogP contribution in [-0.2, 0) is 4.74 Å². The van der Waals surface area contributed by atoms with Crippen LogP contribution in [0.1, 0.15) is 54.0 Å². The van der Waals surface area contributed by atoms with Crippen LogP contribution < -0.4 is 0 Å². The molecule has 0 radical (unpaired) electrons. The number of aryl methyl sites for hydroxylation is 1. The minimum absolute atomic E-state index is 0.101. The molecule has 19 heavy (non-hydrogen) atoms. The van der Waals surface area contributed by atoms with Crippen molar-refractivity contribution in [3.8, 4) is 0 Å². The normalized spacial score (nSPS) is 24.0. The standard InChI is InChI=1S/C14H22N2O2S/c1-8(2)13-15-11(5)12(19-13)14(17)16-6-10(4)18-7-9(16)3/h8-10H,6-7H2,1-5H3/t9-,10-/m0/s1. The van der Waals surface area contributed by atoms with Crippen LogP contribution in [0, 0.1) is 6.92 Å². The average Bonchev–Trinajstić information content (AvgIpc) is 2.74. The van der Waals surface area contributed by atoms with E-state index < -0.39 is 0 Å². The Kier molecular flexibility index (Phi) is 4.26. The molecule has 0 saturated carbocycles. The maximum Gasteiger partial charge on any atom is 0.266 e. The second-order valence-electron chi connectivity index (χ2n) is 5.57. The Morgan fingerprint density at radius 1 is 1.47 bits per heavy atom. The lowest BCUT2D eigenvalue weighted by molar-refractivity contribution is -0.0385. The molecule has 1 fully saturated rings. The highest BCUT2D eigenvalue weighted by atomic mass is 32.1. The molecular formula is C14H22N2O2S. The summed E-state index contributed by atoms with van der Waals surface area (Å²) in [5.41, 5.74) is 0.852. The molecule has 1 aromatic heterocycles. The molecule has 0 bridgehead atoms. The van der Waals surface area contributed by atoms with Gasteiger partial charge in [-0.05, 0) is 20.8 Å². The number of carbonyl (C=O) groups excluding carboxylic acids is 1. The third kappa shape index (κ3) is 2.98. The lowest BCUT2D eigenvalue weighted by atomic mass is 10.2. The topological polar surface area (TPSA) is 42.4 Å². The van der Waals surface area contributed by atoms with E-state index in [2.05, 4.69) is 18.8 Å². The number of amides is 1. The third-order valence-corrected chi connectivity index (χ3v) is 4.82. The van der Waals surface area contributed by atoms with Crippen LogP contribution in [0.25, 0.3) is 0 Å². The van der Waals surface area contributed by atoms with Gasteiger partial charge in [-0.25, -0.2) is 4.98 Å². The van der Waals surface area contributed by atoms with Crippen LogP contribution >= 0.6 is 11.3 Å². The van der Waals surface area contributed by atoms with Gasteiger partial charge >= 0.3 is 0 Å². The molecule has 1 aliphatic heterocycles. The number of hydrogen-bond acceptors (Lipinski definition) is 4. The molecule has 1 amide bonds. The zero-order chi connectivity index (χ0) is 14.2. The van der Waals surface area contributed by atoms with E-state index in [-0.39, 0.29) is 18.1 Å². The lowest BCUT2D eigenvalue weighted by Gasteiger charge is -2.36. The summed E-state index contributed by atoms with van der Waals surface area (Å²) in [4.78, 5) is 19.9. The number of thiazole rings is 1. The summed E-state index contributed by atoms with van der Waals surface area (Å²) in [5.74, 6) is 0.468. The highest BCUT2D eigenvalue weighted by Gasteiger charge is 2.30. The Labute approximate surface area is 118 Å². The molecule has 1 saturated heterocycles. The molecule has 0 unspecified atom stereocenters. The fourth-order valence-electron chi connectivity index (χ4n) is 2.18. The molecule has 2 heterocycles. The van der Waals surface area contributed by atoms with E-state index in [4.69, 9.17) is 4.74 Å². The summed E-state index contributed by atoms with van der Waals surface area (Å²) in [6.45, 7) is 11.4. The number of morpholine rings is 1. The first-order valence-corrected chi connectivity index (χ1v) is 7.61. The molecule has 2 atom stereocenters. The van der Waals surface area contributed by atoms with Gasteiger partial charge in [0, 0.05) is 12.5 Å². The van der Waals surface area contributed by atoms with Gasteiger partial charge in [-0.2, -0.15) is 0 Å². The molecule has 0 aromatic carbocycles. The Hall–Kier alpha value is -0.940. The molecule has 1 aliphatic rings. The molecule has 5 heteroatoms. The zero-order valence-corrected chi connectivity index (χ0v) is 13.1. The molecule has 1 aromatic rings. The molecule has 106 valence electrons. The van der Waals surface area contributed by atoms with Gasteiger partial charge in [0.25, 0.3) is 5.91 Å². The summed E-state index contributed by atoms with van der Waals surface area (Å²) in [5, 5.41) is 1.04. The van der Waals surface area contributed by atoms with Crippen molar-refractivity contribution in [2.24, 2.45) is 0 Å². The largest absolute Gasteiger partial charge is 0.375 e. The summed E-state index contributed by atoms with van der Waals surface area (Å²) in [7, 11) is 0. The van der Waals surface area contributed by atoms with Crippen LogP contribution in [0.3, 0.4) is 0 Å². The number of aromatic nitrogens is 1. The summed E-state index contributed by atoms with van der Waals surface area (Å²) in [6.07, 6.45) is 0.109. The van der Waals surface area contributed by atoms with E-state index in [1.54, 1.807) is 0 Å². The van der Waals surface area contributed by atoms with Crippen molar-refractivity contribution < 1.29 is 9.53 Å². The Balaban J connectivity index is 2.23. The summed E-state index contributed by atoms with van der Waals surface area (Å²) in [6, 6.07) is 0.132. The predicted molar refractivity (Wildman–Crippen MR) is 76.9 cm³/mol. The van der Waals surface area contributed by atoms with Crippen molar-refractivity contribution in [1.29, 1.82) is 0 Å². The zero-order valence-electron chi connectivity index (χ0n) is 12.3. The Morgan fingerprint density at radius 2 is 2.16 bits per heavy atom. The van der Waals surface area contributed by atoms with Gasteiger partial charge in [0.05, 0.1) is 29.5 Å². The Morgan fingerprint density at radius 3 is 2.74 bits per heavy atom. The number of carbonyl (C=O) groups is 1. The number of hydrogen-bond donors (Lipinski definition) is 0. The fraction of sp³-hybridized carbons (Fsp3) is 0.714. The second kappa shape index (κ2) is 5.59. The van der Waals surface area contributed by atoms with E-state index in [1.807, 2.05) is 25.7 Å². The van der Waals surface area contributed by atoms with Crippen LogP contribution in [0.15, 0.2) is 0 Å². The smallest absolute Gasteiger partial charge is 0.266 e. The Bertz CT molecular complexity index is 470. The van der Waals surface area contributed by atoms with Crippen LogP contribution in [-0.4, -0.2) is 41.1 Å². The van der Waals surface area contributed by atoms with Gasteiger partial charge in [-0.1, -0.05) is 13.8 Å². The third-order valence-electron chi connectivity index (χ3n) is 3.37.